The zero-order valence-corrected chi connectivity index (χ0v) is 33.8. The number of rotatable bonds is 10. The standard InChI is InChI=1S/C56H53N/c1-5-19-43-31-32-44(42(4)41(43)3)20-18-37-57(48-33-34-53-51(38-48)50-26-13-14-27-52(50)55(53)35-16-17-36-55)40(2)29-30-45-39-56(46-21-8-6-9-22-46,47-23-10-7-11-24-47)54-28-15-12-25-49(45)54/h5-6,8-10,12-15,18-34,38-39H,2,7,11,16-17,35-37H2,1,3-4H3/b19-5-,20-18-,30-29-. The molecule has 0 N–H and O–H groups in total. The van der Waals surface area contributed by atoms with Crippen LogP contribution in [0.25, 0.3) is 28.9 Å². The Morgan fingerprint density at radius 3 is 2.12 bits per heavy atom. The molecule has 0 aromatic heterocycles. The van der Waals surface area contributed by atoms with E-state index in [1.54, 1.807) is 0 Å². The first-order valence-corrected chi connectivity index (χ1v) is 21.0. The maximum atomic E-state index is 4.78. The van der Waals surface area contributed by atoms with Gasteiger partial charge in [-0.25, -0.2) is 0 Å². The fourth-order valence-electron chi connectivity index (χ4n) is 10.3. The second-order valence-corrected chi connectivity index (χ2v) is 16.4. The number of anilines is 1. The summed E-state index contributed by atoms with van der Waals surface area (Å²) in [7, 11) is 0. The van der Waals surface area contributed by atoms with Crippen LogP contribution >= 0.6 is 0 Å². The number of benzene rings is 5. The van der Waals surface area contributed by atoms with Gasteiger partial charge in [0.2, 0.25) is 0 Å². The van der Waals surface area contributed by atoms with Crippen LogP contribution in [0.5, 0.6) is 0 Å². The molecule has 1 heteroatoms. The van der Waals surface area contributed by atoms with Gasteiger partial charge in [0.25, 0.3) is 0 Å². The highest BCUT2D eigenvalue weighted by atomic mass is 15.1. The minimum Gasteiger partial charge on any atom is -0.338 e. The summed E-state index contributed by atoms with van der Waals surface area (Å²) in [5.41, 5.74) is 19.4. The van der Waals surface area contributed by atoms with Gasteiger partial charge in [0, 0.05) is 23.3 Å². The van der Waals surface area contributed by atoms with E-state index in [9.17, 15) is 0 Å². The zero-order valence-electron chi connectivity index (χ0n) is 33.8. The molecule has 1 fully saturated rings. The first-order valence-electron chi connectivity index (χ1n) is 21.0. The average Bonchev–Trinajstić information content (AvgIpc) is 3.96. The van der Waals surface area contributed by atoms with Crippen molar-refractivity contribution in [3.63, 3.8) is 0 Å². The molecule has 1 nitrogen and oxygen atoms in total. The SMILES string of the molecule is C=C(/C=C\C1=CC(C2=CCCC=C2)(c2ccccc2)c2ccccc21)N(C/C=C\c1ccc(/C=C\C)c(C)c1C)c1ccc2c(c1)-c1ccccc1C21CCCC1. The number of fused-ring (bicyclic) bond motifs is 6. The first kappa shape index (κ1) is 36.7. The highest BCUT2D eigenvalue weighted by Gasteiger charge is 2.45. The molecule has 1 saturated carbocycles. The molecular weight excluding hydrogens is 687 g/mol. The number of hydrogen-bond acceptors (Lipinski definition) is 1. The van der Waals surface area contributed by atoms with Crippen molar-refractivity contribution in [2.75, 3.05) is 11.4 Å². The van der Waals surface area contributed by atoms with Gasteiger partial charge in [-0.15, -0.1) is 0 Å². The van der Waals surface area contributed by atoms with E-state index in [-0.39, 0.29) is 10.8 Å². The summed E-state index contributed by atoms with van der Waals surface area (Å²) in [6.07, 6.45) is 30.3. The summed E-state index contributed by atoms with van der Waals surface area (Å²) in [4.78, 5) is 2.39. The Morgan fingerprint density at radius 1 is 0.702 bits per heavy atom. The molecule has 0 aliphatic heterocycles. The molecule has 9 rings (SSSR count). The minimum atomic E-state index is -0.347. The fraction of sp³-hybridized carbons (Fsp3) is 0.214. The highest BCUT2D eigenvalue weighted by Crippen LogP contribution is 2.57. The van der Waals surface area contributed by atoms with Gasteiger partial charge in [-0.05, 0) is 137 Å². The lowest BCUT2D eigenvalue weighted by Gasteiger charge is -2.33. The van der Waals surface area contributed by atoms with Crippen LogP contribution in [0.1, 0.15) is 95.5 Å². The monoisotopic (exact) mass is 739 g/mol. The Bertz CT molecular complexity index is 2540. The van der Waals surface area contributed by atoms with Crippen molar-refractivity contribution >= 4 is 23.4 Å². The van der Waals surface area contributed by atoms with Crippen LogP contribution in [0.2, 0.25) is 0 Å². The Hall–Kier alpha value is -5.92. The smallest absolute Gasteiger partial charge is 0.0643 e. The third kappa shape index (κ3) is 6.25. The Kier molecular flexibility index (Phi) is 9.79. The van der Waals surface area contributed by atoms with E-state index in [2.05, 4.69) is 196 Å². The van der Waals surface area contributed by atoms with Crippen molar-refractivity contribution in [3.05, 3.63) is 226 Å². The highest BCUT2D eigenvalue weighted by molar-refractivity contribution is 5.88. The van der Waals surface area contributed by atoms with Gasteiger partial charge in [0.05, 0.1) is 5.41 Å². The summed E-state index contributed by atoms with van der Waals surface area (Å²) in [6.45, 7) is 12.0. The van der Waals surface area contributed by atoms with Crippen molar-refractivity contribution in [1.82, 2.24) is 0 Å². The topological polar surface area (TPSA) is 3.24 Å². The lowest BCUT2D eigenvalue weighted by atomic mass is 9.69. The maximum Gasteiger partial charge on any atom is 0.0643 e. The molecule has 5 aromatic rings. The average molecular weight is 740 g/mol. The van der Waals surface area contributed by atoms with E-state index in [0.717, 1.165) is 18.5 Å². The van der Waals surface area contributed by atoms with Crippen LogP contribution in [0.15, 0.2) is 176 Å². The molecule has 1 spiro atoms. The van der Waals surface area contributed by atoms with E-state index in [4.69, 9.17) is 6.58 Å². The van der Waals surface area contributed by atoms with E-state index in [1.807, 2.05) is 0 Å². The second-order valence-electron chi connectivity index (χ2n) is 16.4. The molecule has 5 aromatic carbocycles. The summed E-state index contributed by atoms with van der Waals surface area (Å²) in [5.74, 6) is 0. The molecule has 0 heterocycles. The lowest BCUT2D eigenvalue weighted by molar-refractivity contribution is 0.550. The van der Waals surface area contributed by atoms with E-state index in [1.165, 1.54) is 104 Å². The normalized spacial score (nSPS) is 19.0. The van der Waals surface area contributed by atoms with Gasteiger partial charge in [-0.1, -0.05) is 171 Å². The zero-order chi connectivity index (χ0) is 39.0. The predicted octanol–water partition coefficient (Wildman–Crippen LogP) is 14.4. The molecule has 0 saturated heterocycles. The Balaban J connectivity index is 1.11. The molecule has 0 radical (unpaired) electrons. The van der Waals surface area contributed by atoms with Crippen LogP contribution in [0, 0.1) is 13.8 Å². The van der Waals surface area contributed by atoms with Crippen molar-refractivity contribution in [1.29, 1.82) is 0 Å². The summed E-state index contributed by atoms with van der Waals surface area (Å²) in [5, 5.41) is 0. The predicted molar refractivity (Wildman–Crippen MR) is 245 cm³/mol. The molecule has 4 aliphatic rings. The van der Waals surface area contributed by atoms with Crippen LogP contribution in [-0.4, -0.2) is 6.54 Å². The van der Waals surface area contributed by atoms with Crippen LogP contribution in [0.4, 0.5) is 5.69 Å². The number of hydrogen-bond donors (Lipinski definition) is 0. The van der Waals surface area contributed by atoms with E-state index < -0.39 is 0 Å². The number of allylic oxidation sites excluding steroid dienone is 9. The first-order chi connectivity index (χ1) is 27.9. The third-order valence-electron chi connectivity index (χ3n) is 13.3. The Labute approximate surface area is 340 Å². The minimum absolute atomic E-state index is 0.150. The summed E-state index contributed by atoms with van der Waals surface area (Å²) < 4.78 is 0. The van der Waals surface area contributed by atoms with Crippen LogP contribution < -0.4 is 4.90 Å². The Morgan fingerprint density at radius 2 is 1.39 bits per heavy atom. The lowest BCUT2D eigenvalue weighted by Crippen LogP contribution is -2.26. The summed E-state index contributed by atoms with van der Waals surface area (Å²) in [6, 6.07) is 40.9. The largest absolute Gasteiger partial charge is 0.338 e. The quantitative estimate of drug-likeness (QED) is 0.129. The van der Waals surface area contributed by atoms with E-state index in [0.29, 0.717) is 6.54 Å². The number of nitrogens with zero attached hydrogens (tertiary/aromatic N) is 1. The van der Waals surface area contributed by atoms with Crippen molar-refractivity contribution < 1.29 is 0 Å². The third-order valence-corrected chi connectivity index (χ3v) is 13.3. The molecule has 4 aliphatic carbocycles. The molecule has 57 heavy (non-hydrogen) atoms. The maximum absolute atomic E-state index is 4.78. The van der Waals surface area contributed by atoms with Gasteiger partial charge >= 0.3 is 0 Å². The van der Waals surface area contributed by atoms with Crippen molar-refractivity contribution in [2.24, 2.45) is 0 Å². The molecular formula is C56H53N. The van der Waals surface area contributed by atoms with Gasteiger partial charge in [-0.2, -0.15) is 0 Å². The fourth-order valence-corrected chi connectivity index (χ4v) is 10.3. The van der Waals surface area contributed by atoms with Gasteiger partial charge in [0.15, 0.2) is 0 Å². The van der Waals surface area contributed by atoms with Crippen molar-refractivity contribution in [2.45, 2.75) is 70.1 Å². The molecule has 1 unspecified atom stereocenters. The second kappa shape index (κ2) is 15.2. The summed E-state index contributed by atoms with van der Waals surface area (Å²) >= 11 is 0. The van der Waals surface area contributed by atoms with Crippen LogP contribution in [-0.2, 0) is 10.8 Å². The molecule has 0 amide bonds. The molecule has 1 atom stereocenters. The molecule has 282 valence electrons. The van der Waals surface area contributed by atoms with Gasteiger partial charge < -0.3 is 4.90 Å². The van der Waals surface area contributed by atoms with E-state index >= 15 is 0 Å². The van der Waals surface area contributed by atoms with Gasteiger partial charge in [-0.3, -0.25) is 0 Å². The molecule has 0 bridgehead atoms. The van der Waals surface area contributed by atoms with Gasteiger partial charge in [0.1, 0.15) is 0 Å². The van der Waals surface area contributed by atoms with Crippen LogP contribution in [0.3, 0.4) is 0 Å². The van der Waals surface area contributed by atoms with Crippen molar-refractivity contribution in [3.8, 4) is 11.1 Å².